The third-order valence-electron chi connectivity index (χ3n) is 1.48. The summed E-state index contributed by atoms with van der Waals surface area (Å²) >= 11 is 3.47. The van der Waals surface area contributed by atoms with Gasteiger partial charge in [0.1, 0.15) is 6.10 Å². The van der Waals surface area contributed by atoms with Crippen molar-refractivity contribution < 1.29 is 43.3 Å². The molecule has 0 fully saturated rings. The highest BCUT2D eigenvalue weighted by Gasteiger charge is 2.38. The maximum Gasteiger partial charge on any atom is 0.377 e. The van der Waals surface area contributed by atoms with E-state index in [1.54, 1.807) is 0 Å². The van der Waals surface area contributed by atoms with Gasteiger partial charge in [-0.25, -0.2) is 4.79 Å². The average molecular weight is 290 g/mol. The van der Waals surface area contributed by atoms with Gasteiger partial charge in [-0.3, -0.25) is 9.11 Å². The van der Waals surface area contributed by atoms with Gasteiger partial charge in [-0.1, -0.05) is 0 Å². The summed E-state index contributed by atoms with van der Waals surface area (Å²) in [6, 6.07) is 0. The second kappa shape index (κ2) is 6.09. The molecule has 1 aliphatic heterocycles. The monoisotopic (exact) mass is 290 g/mol. The first kappa shape index (κ1) is 16.0. The summed E-state index contributed by atoms with van der Waals surface area (Å²) < 4.78 is 28.3. The Morgan fingerprint density at radius 2 is 1.82 bits per heavy atom. The van der Waals surface area contributed by atoms with Crippen LogP contribution in [0.1, 0.15) is 0 Å². The van der Waals surface area contributed by atoms with Gasteiger partial charge in [0, 0.05) is 11.2 Å². The van der Waals surface area contributed by atoms with E-state index < -0.39 is 45.4 Å². The highest BCUT2D eigenvalue weighted by atomic mass is 32.9. The van der Waals surface area contributed by atoms with Gasteiger partial charge >= 0.3 is 5.97 Å². The molecule has 0 aromatic carbocycles. The average Bonchev–Trinajstić information content (AvgIpc) is 2.42. The van der Waals surface area contributed by atoms with Crippen LogP contribution in [0.25, 0.3) is 0 Å². The Morgan fingerprint density at radius 1 is 1.41 bits per heavy atom. The smallest absolute Gasteiger partial charge is 0.377 e. The lowest BCUT2D eigenvalue weighted by atomic mass is 10.2. The van der Waals surface area contributed by atoms with Crippen molar-refractivity contribution in [2.24, 2.45) is 0 Å². The maximum absolute atomic E-state index is 10.5. The van der Waals surface area contributed by atoms with Crippen molar-refractivity contribution in [1.29, 1.82) is 0 Å². The van der Waals surface area contributed by atoms with Crippen LogP contribution in [0.2, 0.25) is 0 Å². The molecule has 2 atom stereocenters. The van der Waals surface area contributed by atoms with Gasteiger partial charge in [0.25, 0.3) is 9.05 Å². The first-order chi connectivity index (χ1) is 7.57. The van der Waals surface area contributed by atoms with Crippen LogP contribution < -0.4 is 0 Å². The van der Waals surface area contributed by atoms with Crippen LogP contribution in [-0.2, 0) is 29.8 Å². The van der Waals surface area contributed by atoms with E-state index in [9.17, 15) is 4.79 Å². The van der Waals surface area contributed by atoms with E-state index in [1.165, 1.54) is 0 Å². The fourth-order valence-corrected chi connectivity index (χ4v) is 0.823. The van der Waals surface area contributed by atoms with Gasteiger partial charge in [0.05, 0.1) is 6.61 Å². The van der Waals surface area contributed by atoms with Crippen LogP contribution in [0.15, 0.2) is 11.5 Å². The predicted molar refractivity (Wildman–Crippen MR) is 56.0 cm³/mol. The first-order valence-electron chi connectivity index (χ1n) is 3.89. The van der Waals surface area contributed by atoms with E-state index in [0.29, 0.717) is 0 Å². The zero-order valence-electron chi connectivity index (χ0n) is 8.09. The number of hydrogen-bond acceptors (Lipinski definition) is 8. The predicted octanol–water partition coefficient (Wildman–Crippen LogP) is -1.73. The van der Waals surface area contributed by atoms with Crippen LogP contribution >= 0.6 is 0 Å². The molecule has 0 radical (unpaired) electrons. The van der Waals surface area contributed by atoms with Crippen molar-refractivity contribution in [2.75, 3.05) is 6.61 Å². The molecule has 0 bridgehead atoms. The van der Waals surface area contributed by atoms with Crippen molar-refractivity contribution in [3.05, 3.63) is 11.5 Å². The van der Waals surface area contributed by atoms with Crippen LogP contribution in [0, 0.1) is 0 Å². The number of aliphatic hydroxyl groups excluding tert-OH is 4. The molecule has 17 heavy (non-hydrogen) atoms. The van der Waals surface area contributed by atoms with E-state index in [1.807, 2.05) is 0 Å². The zero-order chi connectivity index (χ0) is 13.8. The molecule has 9 nitrogen and oxygen atoms in total. The number of ether oxygens (including phenoxy) is 1. The van der Waals surface area contributed by atoms with Crippen LogP contribution in [0.3, 0.4) is 0 Å². The zero-order valence-corrected chi connectivity index (χ0v) is 9.72. The molecule has 0 aromatic rings. The molecule has 1 heterocycles. The second-order valence-corrected chi connectivity index (χ2v) is 4.96. The maximum atomic E-state index is 10.5. The number of hydrogen-bond donors (Lipinski definition) is 6. The number of aliphatic hydroxyl groups is 4. The third kappa shape index (κ3) is 5.76. The Hall–Kier alpha value is -0.980. The Kier molecular flexibility index (Phi) is 5.74. The topological polar surface area (TPSA) is 165 Å². The lowest BCUT2D eigenvalue weighted by Gasteiger charge is -2.13. The van der Waals surface area contributed by atoms with Crippen LogP contribution in [0.4, 0.5) is 0 Å². The molecule has 0 spiro atoms. The highest BCUT2D eigenvalue weighted by Crippen LogP contribution is 2.20. The molecule has 6 N–H and O–H groups in total. The number of cyclic esters (lactones) is 1. The summed E-state index contributed by atoms with van der Waals surface area (Å²) in [7, 11) is -3.83. The largest absolute Gasteiger partial charge is 0.505 e. The Labute approximate surface area is 100 Å². The minimum atomic E-state index is -3.83. The van der Waals surface area contributed by atoms with Crippen LogP contribution in [-0.4, -0.2) is 58.5 Å². The summed E-state index contributed by atoms with van der Waals surface area (Å²) in [5.74, 6) is -2.78. The Morgan fingerprint density at radius 3 is 2.06 bits per heavy atom. The van der Waals surface area contributed by atoms with Gasteiger partial charge in [-0.05, 0) is 0 Å². The van der Waals surface area contributed by atoms with Gasteiger partial charge < -0.3 is 25.2 Å². The standard InChI is InChI=1S/C6H8O6.H2O3S2/c7-1-2(8)5-3(9)4(10)6(11)12-5;1-5(2,3)4/h2,5,7-10H,1H2;(H2,1,2,3,4)/t2-,5+;/m0./s1. The van der Waals surface area contributed by atoms with E-state index in [4.69, 9.17) is 33.7 Å². The highest BCUT2D eigenvalue weighted by molar-refractivity contribution is 8.26. The van der Waals surface area contributed by atoms with E-state index >= 15 is 0 Å². The molecule has 1 rings (SSSR count). The molecule has 11 heteroatoms. The number of carbonyl (C=O) groups is 1. The number of rotatable bonds is 2. The molecule has 0 aromatic heterocycles. The first-order valence-corrected chi connectivity index (χ1v) is 6.29. The molecule has 0 unspecified atom stereocenters. The molecule has 0 saturated carbocycles. The molecule has 0 aliphatic carbocycles. The molecule has 1 aliphatic rings. The summed E-state index contributed by atoms with van der Waals surface area (Å²) in [4.78, 5) is 10.5. The van der Waals surface area contributed by atoms with Gasteiger partial charge in [0.2, 0.25) is 5.76 Å². The molecule has 0 saturated heterocycles. The minimum Gasteiger partial charge on any atom is -0.505 e. The fourth-order valence-electron chi connectivity index (χ4n) is 0.823. The minimum absolute atomic E-state index is 0.671. The van der Waals surface area contributed by atoms with Gasteiger partial charge in [-0.15, -0.1) is 0 Å². The van der Waals surface area contributed by atoms with Crippen molar-refractivity contribution >= 4 is 26.2 Å². The number of esters is 1. The normalized spacial score (nSPS) is 21.6. The van der Waals surface area contributed by atoms with Crippen molar-refractivity contribution in [3.8, 4) is 0 Å². The third-order valence-corrected chi connectivity index (χ3v) is 1.48. The summed E-state index contributed by atoms with van der Waals surface area (Å²) in [5, 5.41) is 35.0. The molecule has 0 amide bonds. The summed E-state index contributed by atoms with van der Waals surface area (Å²) in [6.45, 7) is -0.671. The summed E-state index contributed by atoms with van der Waals surface area (Å²) in [5.41, 5.74) is 0. The van der Waals surface area contributed by atoms with E-state index in [2.05, 4.69) is 15.9 Å². The quantitative estimate of drug-likeness (QED) is 0.322. The molecular weight excluding hydrogens is 280 g/mol. The SMILES string of the molecule is O=C1O[C@H]([C@@H](O)CO)C(O)=C1O.O=S(O)(O)=S. The number of carbonyl (C=O) groups excluding carboxylic acids is 1. The Bertz CT molecular complexity index is 403. The van der Waals surface area contributed by atoms with Crippen molar-refractivity contribution in [3.63, 3.8) is 0 Å². The second-order valence-electron chi connectivity index (χ2n) is 2.76. The van der Waals surface area contributed by atoms with Gasteiger partial charge in [-0.2, -0.15) is 4.21 Å². The fraction of sp³-hybridized carbons (Fsp3) is 0.500. The molecule has 100 valence electrons. The lowest BCUT2D eigenvalue weighted by Crippen LogP contribution is -2.31. The molecular formula is C6H10O9S2. The van der Waals surface area contributed by atoms with Crippen molar-refractivity contribution in [2.45, 2.75) is 12.2 Å². The lowest BCUT2D eigenvalue weighted by molar-refractivity contribution is -0.147. The van der Waals surface area contributed by atoms with Crippen molar-refractivity contribution in [1.82, 2.24) is 0 Å². The Balaban J connectivity index is 0.000000437. The van der Waals surface area contributed by atoms with E-state index in [-0.39, 0.29) is 0 Å². The van der Waals surface area contributed by atoms with E-state index in [0.717, 1.165) is 0 Å². The summed E-state index contributed by atoms with van der Waals surface area (Å²) in [6.07, 6.45) is -2.78. The van der Waals surface area contributed by atoms with Gasteiger partial charge in [0.15, 0.2) is 11.9 Å². The van der Waals surface area contributed by atoms with Crippen LogP contribution in [0.5, 0.6) is 0 Å².